The second-order valence-electron chi connectivity index (χ2n) is 4.61. The van der Waals surface area contributed by atoms with Gasteiger partial charge in [0.15, 0.2) is 5.82 Å². The molecule has 0 aliphatic rings. The van der Waals surface area contributed by atoms with Crippen LogP contribution in [0.2, 0.25) is 0 Å². The molecule has 0 atom stereocenters. The van der Waals surface area contributed by atoms with Gasteiger partial charge in [-0.05, 0) is 31.8 Å². The molecule has 8 nitrogen and oxygen atoms in total. The van der Waals surface area contributed by atoms with Crippen molar-refractivity contribution in [3.63, 3.8) is 0 Å². The summed E-state index contributed by atoms with van der Waals surface area (Å²) in [7, 11) is -3.92. The van der Waals surface area contributed by atoms with Gasteiger partial charge >= 0.3 is 0 Å². The Morgan fingerprint density at radius 1 is 1.30 bits per heavy atom. The maximum Gasteiger partial charge on any atom is 0.273 e. The highest BCUT2D eigenvalue weighted by atomic mass is 32.2. The van der Waals surface area contributed by atoms with E-state index in [1.54, 1.807) is 0 Å². The summed E-state index contributed by atoms with van der Waals surface area (Å²) >= 11 is 1.18. The fraction of sp³-hybridized carbons (Fsp3) is 0.600. The third kappa shape index (κ3) is 2.72. The summed E-state index contributed by atoms with van der Waals surface area (Å²) < 4.78 is 28.6. The maximum atomic E-state index is 11.6. The first-order valence-electron chi connectivity index (χ1n) is 6.15. The van der Waals surface area contributed by atoms with E-state index in [0.717, 1.165) is 23.4 Å². The number of nitrogens with zero attached hydrogens (tertiary/aromatic N) is 5. The number of aryl methyl sites for hydroxylation is 1. The third-order valence-electron chi connectivity index (χ3n) is 2.68. The summed E-state index contributed by atoms with van der Waals surface area (Å²) in [6.45, 7) is 5.72. The zero-order valence-electron chi connectivity index (χ0n) is 11.4. The zero-order chi connectivity index (χ0) is 14.9. The number of sulfonamides is 1. The molecule has 0 aromatic carbocycles. The first-order valence-corrected chi connectivity index (χ1v) is 8.47. The third-order valence-corrected chi connectivity index (χ3v) is 4.23. The van der Waals surface area contributed by atoms with E-state index in [1.165, 1.54) is 16.1 Å². The van der Waals surface area contributed by atoms with Gasteiger partial charge in [0.25, 0.3) is 15.2 Å². The van der Waals surface area contributed by atoms with Gasteiger partial charge < -0.3 is 0 Å². The monoisotopic (exact) mass is 316 g/mol. The summed E-state index contributed by atoms with van der Waals surface area (Å²) in [4.78, 5) is 0.739. The van der Waals surface area contributed by atoms with Crippen LogP contribution < -0.4 is 5.14 Å². The van der Waals surface area contributed by atoms with Gasteiger partial charge in [-0.2, -0.15) is 0 Å². The summed E-state index contributed by atoms with van der Waals surface area (Å²) in [6, 6.07) is -0.148. The van der Waals surface area contributed by atoms with Crippen LogP contribution in [0, 0.1) is 0 Å². The van der Waals surface area contributed by atoms with Crippen molar-refractivity contribution in [3.8, 4) is 10.7 Å². The Kier molecular flexibility index (Phi) is 4.16. The Balaban J connectivity index is 2.63. The van der Waals surface area contributed by atoms with Crippen LogP contribution in [0.3, 0.4) is 0 Å². The van der Waals surface area contributed by atoms with Gasteiger partial charge in [-0.25, -0.2) is 13.6 Å². The van der Waals surface area contributed by atoms with Crippen LogP contribution in [0.4, 0.5) is 0 Å². The minimum absolute atomic E-state index is 0.148. The number of aromatic nitrogens is 5. The summed E-state index contributed by atoms with van der Waals surface area (Å²) in [5.74, 6) is 0.447. The topological polar surface area (TPSA) is 117 Å². The van der Waals surface area contributed by atoms with Crippen molar-refractivity contribution in [2.75, 3.05) is 0 Å². The molecule has 20 heavy (non-hydrogen) atoms. The van der Waals surface area contributed by atoms with Crippen LogP contribution in [-0.4, -0.2) is 32.8 Å². The Hall–Kier alpha value is -1.39. The molecule has 2 N–H and O–H groups in total. The maximum absolute atomic E-state index is 11.6. The quantitative estimate of drug-likeness (QED) is 0.878. The van der Waals surface area contributed by atoms with Crippen LogP contribution in [0.1, 0.15) is 38.9 Å². The lowest BCUT2D eigenvalue weighted by Gasteiger charge is -2.12. The van der Waals surface area contributed by atoms with Gasteiger partial charge in [-0.3, -0.25) is 4.57 Å². The fourth-order valence-corrected chi connectivity index (χ4v) is 3.29. The number of primary sulfonamides is 1. The van der Waals surface area contributed by atoms with Crippen molar-refractivity contribution in [2.24, 2.45) is 5.14 Å². The SMILES string of the molecule is CCCc1nnsc1-c1nnc(S(N)(=O)=O)n1C(C)C. The van der Waals surface area contributed by atoms with E-state index in [0.29, 0.717) is 5.82 Å². The average Bonchev–Trinajstić information content (AvgIpc) is 2.92. The largest absolute Gasteiger partial charge is 0.293 e. The molecular formula is C10H16N6O2S2. The van der Waals surface area contributed by atoms with Crippen LogP contribution in [0.25, 0.3) is 10.7 Å². The minimum atomic E-state index is -3.92. The van der Waals surface area contributed by atoms with Crippen LogP contribution in [-0.2, 0) is 16.4 Å². The molecule has 0 unspecified atom stereocenters. The van der Waals surface area contributed by atoms with Crippen molar-refractivity contribution in [3.05, 3.63) is 5.69 Å². The molecular weight excluding hydrogens is 300 g/mol. The number of hydrogen-bond donors (Lipinski definition) is 1. The van der Waals surface area contributed by atoms with Crippen molar-refractivity contribution < 1.29 is 8.42 Å². The van der Waals surface area contributed by atoms with Crippen molar-refractivity contribution in [1.29, 1.82) is 0 Å². The Labute approximate surface area is 121 Å². The molecule has 0 spiro atoms. The molecule has 0 radical (unpaired) electrons. The van der Waals surface area contributed by atoms with Crippen LogP contribution in [0.5, 0.6) is 0 Å². The minimum Gasteiger partial charge on any atom is -0.293 e. The molecule has 0 aliphatic carbocycles. The first kappa shape index (κ1) is 15.0. The Bertz CT molecular complexity index is 703. The predicted molar refractivity (Wildman–Crippen MR) is 74.7 cm³/mol. The van der Waals surface area contributed by atoms with E-state index in [9.17, 15) is 8.42 Å². The highest BCUT2D eigenvalue weighted by Gasteiger charge is 2.26. The van der Waals surface area contributed by atoms with E-state index in [-0.39, 0.29) is 11.2 Å². The molecule has 2 aromatic heterocycles. The van der Waals surface area contributed by atoms with E-state index in [1.807, 2.05) is 20.8 Å². The number of hydrogen-bond acceptors (Lipinski definition) is 7. The van der Waals surface area contributed by atoms with Crippen LogP contribution in [0.15, 0.2) is 5.16 Å². The van der Waals surface area contributed by atoms with E-state index in [2.05, 4.69) is 19.8 Å². The molecule has 0 saturated heterocycles. The zero-order valence-corrected chi connectivity index (χ0v) is 13.1. The van der Waals surface area contributed by atoms with Crippen molar-refractivity contribution >= 4 is 21.6 Å². The number of rotatable bonds is 5. The van der Waals surface area contributed by atoms with Gasteiger partial charge in [0.05, 0.1) is 5.69 Å². The van der Waals surface area contributed by atoms with Gasteiger partial charge in [0.2, 0.25) is 0 Å². The van der Waals surface area contributed by atoms with Gasteiger partial charge in [0.1, 0.15) is 4.88 Å². The van der Waals surface area contributed by atoms with Gasteiger partial charge in [-0.1, -0.05) is 17.8 Å². The van der Waals surface area contributed by atoms with Crippen molar-refractivity contribution in [1.82, 2.24) is 24.4 Å². The van der Waals surface area contributed by atoms with E-state index in [4.69, 9.17) is 5.14 Å². The molecule has 10 heteroatoms. The Morgan fingerprint density at radius 2 is 2.00 bits per heavy atom. The van der Waals surface area contributed by atoms with E-state index < -0.39 is 10.0 Å². The highest BCUT2D eigenvalue weighted by molar-refractivity contribution is 7.89. The van der Waals surface area contributed by atoms with Crippen molar-refractivity contribution in [2.45, 2.75) is 44.8 Å². The first-order chi connectivity index (χ1) is 9.36. The van der Waals surface area contributed by atoms with E-state index >= 15 is 0 Å². The molecule has 110 valence electrons. The number of nitrogens with two attached hydrogens (primary N) is 1. The smallest absolute Gasteiger partial charge is 0.273 e. The fourth-order valence-electron chi connectivity index (χ4n) is 1.87. The van der Waals surface area contributed by atoms with Gasteiger partial charge in [-0.15, -0.1) is 15.3 Å². The lowest BCUT2D eigenvalue weighted by atomic mass is 10.2. The molecule has 0 amide bonds. The Morgan fingerprint density at radius 3 is 2.55 bits per heavy atom. The lowest BCUT2D eigenvalue weighted by molar-refractivity contribution is 0.524. The van der Waals surface area contributed by atoms with Crippen LogP contribution >= 0.6 is 11.5 Å². The second-order valence-corrected chi connectivity index (χ2v) is 6.82. The molecule has 0 fully saturated rings. The molecule has 2 heterocycles. The summed E-state index contributed by atoms with van der Waals surface area (Å²) in [5, 5.41) is 16.7. The molecule has 2 rings (SSSR count). The van der Waals surface area contributed by atoms with Gasteiger partial charge in [0, 0.05) is 6.04 Å². The average molecular weight is 316 g/mol. The summed E-state index contributed by atoms with van der Waals surface area (Å²) in [6.07, 6.45) is 1.66. The standard InChI is InChI=1S/C10H16N6O2S2/c1-4-5-7-8(19-15-12-7)9-13-14-10(20(11,17)18)16(9)6(2)3/h6H,4-5H2,1-3H3,(H2,11,17,18). The lowest BCUT2D eigenvalue weighted by Crippen LogP contribution is -2.20. The molecule has 0 aliphatic heterocycles. The molecule has 0 saturated carbocycles. The second kappa shape index (κ2) is 5.54. The molecule has 0 bridgehead atoms. The normalized spacial score (nSPS) is 12.2. The highest BCUT2D eigenvalue weighted by Crippen LogP contribution is 2.29. The predicted octanol–water partition coefficient (Wildman–Crippen LogP) is 0.977. The summed E-state index contributed by atoms with van der Waals surface area (Å²) in [5.41, 5.74) is 0.799. The molecule has 2 aromatic rings.